The Morgan fingerprint density at radius 1 is 1.27 bits per heavy atom. The fourth-order valence-corrected chi connectivity index (χ4v) is 4.08. The molecule has 22 heavy (non-hydrogen) atoms. The fourth-order valence-electron chi connectivity index (χ4n) is 2.50. The van der Waals surface area contributed by atoms with Gasteiger partial charge in [-0.05, 0) is 25.0 Å². The molecule has 0 aromatic heterocycles. The number of hydrogen-bond donors (Lipinski definition) is 0. The molecular weight excluding hydrogens is 320 g/mol. The summed E-state index contributed by atoms with van der Waals surface area (Å²) in [4.78, 5) is 15.1. The van der Waals surface area contributed by atoms with E-state index >= 15 is 0 Å². The summed E-state index contributed by atoms with van der Waals surface area (Å²) in [6.45, 7) is 1.25. The summed E-state index contributed by atoms with van der Waals surface area (Å²) in [5, 5.41) is 0. The first-order chi connectivity index (χ1) is 10.4. The quantitative estimate of drug-likeness (QED) is 0.764. The van der Waals surface area contributed by atoms with Gasteiger partial charge in [-0.3, -0.25) is 4.79 Å². The summed E-state index contributed by atoms with van der Waals surface area (Å²) in [5.74, 6) is 0.547. The molecule has 122 valence electrons. The third-order valence-corrected chi connectivity index (χ3v) is 6.30. The summed E-state index contributed by atoms with van der Waals surface area (Å²) in [6, 6.07) is 9.85. The van der Waals surface area contributed by atoms with Gasteiger partial charge < -0.3 is 4.90 Å². The third kappa shape index (κ3) is 4.72. The zero-order valence-corrected chi connectivity index (χ0v) is 14.6. The molecule has 1 saturated heterocycles. The molecule has 5 nitrogen and oxygen atoms in total. The van der Waals surface area contributed by atoms with Gasteiger partial charge in [0.2, 0.25) is 15.9 Å². The number of sulfonamides is 1. The molecular formula is C15H22N2O3S2. The van der Waals surface area contributed by atoms with Crippen molar-refractivity contribution in [1.29, 1.82) is 0 Å². The Morgan fingerprint density at radius 2 is 1.86 bits per heavy atom. The average molecular weight is 342 g/mol. The zero-order chi connectivity index (χ0) is 16.2. The van der Waals surface area contributed by atoms with Crippen LogP contribution in [0.25, 0.3) is 0 Å². The molecule has 1 amide bonds. The normalized spacial score (nSPS) is 17.0. The van der Waals surface area contributed by atoms with Crippen molar-refractivity contribution in [2.24, 2.45) is 0 Å². The van der Waals surface area contributed by atoms with Gasteiger partial charge in [-0.2, -0.15) is 0 Å². The minimum Gasteiger partial charge on any atom is -0.342 e. The van der Waals surface area contributed by atoms with Crippen LogP contribution in [0.15, 0.2) is 35.2 Å². The Morgan fingerprint density at radius 3 is 2.41 bits per heavy atom. The summed E-state index contributed by atoms with van der Waals surface area (Å²) in [6.07, 6.45) is 2.62. The van der Waals surface area contributed by atoms with Gasteiger partial charge in [0, 0.05) is 31.1 Å². The van der Waals surface area contributed by atoms with E-state index in [0.717, 1.165) is 4.90 Å². The van der Waals surface area contributed by atoms with Gasteiger partial charge in [0.05, 0.1) is 12.0 Å². The standard InChI is InChI=1S/C15H22N2O3S2/c1-16(22(2,19)20)13-8-10-17(11-9-13)15(18)12-21-14-6-4-3-5-7-14/h3-7,13H,8-12H2,1-2H3. The maximum absolute atomic E-state index is 12.2. The molecule has 0 saturated carbocycles. The SMILES string of the molecule is CN(C1CCN(C(=O)CSc2ccccc2)CC1)S(C)(=O)=O. The zero-order valence-electron chi connectivity index (χ0n) is 12.9. The number of carbonyl (C=O) groups excluding carboxylic acids is 1. The Kier molecular flexibility index (Phi) is 5.88. The van der Waals surface area contributed by atoms with E-state index in [4.69, 9.17) is 0 Å². The number of thioether (sulfide) groups is 1. The van der Waals surface area contributed by atoms with Crippen molar-refractivity contribution in [3.63, 3.8) is 0 Å². The smallest absolute Gasteiger partial charge is 0.232 e. The predicted molar refractivity (Wildman–Crippen MR) is 89.4 cm³/mol. The van der Waals surface area contributed by atoms with Gasteiger partial charge in [-0.15, -0.1) is 11.8 Å². The second kappa shape index (κ2) is 7.48. The van der Waals surface area contributed by atoms with E-state index < -0.39 is 10.0 Å². The van der Waals surface area contributed by atoms with Crippen molar-refractivity contribution in [2.45, 2.75) is 23.8 Å². The second-order valence-electron chi connectivity index (χ2n) is 5.49. The monoisotopic (exact) mass is 342 g/mol. The van der Waals surface area contributed by atoms with Gasteiger partial charge in [-0.1, -0.05) is 18.2 Å². The van der Waals surface area contributed by atoms with Crippen LogP contribution >= 0.6 is 11.8 Å². The van der Waals surface area contributed by atoms with Crippen LogP contribution in [0.4, 0.5) is 0 Å². The van der Waals surface area contributed by atoms with Crippen molar-refractivity contribution >= 4 is 27.7 Å². The van der Waals surface area contributed by atoms with Crippen molar-refractivity contribution in [3.05, 3.63) is 30.3 Å². The van der Waals surface area contributed by atoms with Crippen LogP contribution in [0.2, 0.25) is 0 Å². The first kappa shape index (κ1) is 17.3. The van der Waals surface area contributed by atoms with E-state index in [1.807, 2.05) is 35.2 Å². The molecule has 1 aromatic carbocycles. The fraction of sp³-hybridized carbons (Fsp3) is 0.533. The Labute approximate surface area is 136 Å². The van der Waals surface area contributed by atoms with Crippen LogP contribution in [0.3, 0.4) is 0 Å². The summed E-state index contributed by atoms with van der Waals surface area (Å²) < 4.78 is 24.5. The van der Waals surface area contributed by atoms with E-state index in [-0.39, 0.29) is 11.9 Å². The van der Waals surface area contributed by atoms with Gasteiger partial charge >= 0.3 is 0 Å². The summed E-state index contributed by atoms with van der Waals surface area (Å²) in [5.41, 5.74) is 0. The van der Waals surface area contributed by atoms with Crippen LogP contribution in [-0.4, -0.2) is 61.7 Å². The molecule has 0 aliphatic carbocycles. The molecule has 1 aliphatic heterocycles. The van der Waals surface area contributed by atoms with E-state index in [1.165, 1.54) is 22.3 Å². The number of piperidine rings is 1. The highest BCUT2D eigenvalue weighted by Gasteiger charge is 2.28. The lowest BCUT2D eigenvalue weighted by Gasteiger charge is -2.35. The van der Waals surface area contributed by atoms with Crippen LogP contribution < -0.4 is 0 Å². The van der Waals surface area contributed by atoms with Crippen molar-refractivity contribution < 1.29 is 13.2 Å². The second-order valence-corrected chi connectivity index (χ2v) is 8.58. The lowest BCUT2D eigenvalue weighted by atomic mass is 10.1. The van der Waals surface area contributed by atoms with E-state index in [9.17, 15) is 13.2 Å². The first-order valence-electron chi connectivity index (χ1n) is 7.26. The van der Waals surface area contributed by atoms with Crippen LogP contribution in [-0.2, 0) is 14.8 Å². The Balaban J connectivity index is 1.80. The highest BCUT2D eigenvalue weighted by atomic mass is 32.2. The molecule has 0 spiro atoms. The maximum Gasteiger partial charge on any atom is 0.232 e. The number of rotatable bonds is 5. The van der Waals surface area contributed by atoms with E-state index in [1.54, 1.807) is 7.05 Å². The summed E-state index contributed by atoms with van der Waals surface area (Å²) in [7, 11) is -1.55. The molecule has 0 unspecified atom stereocenters. The molecule has 7 heteroatoms. The molecule has 1 fully saturated rings. The molecule has 1 heterocycles. The third-order valence-electron chi connectivity index (χ3n) is 3.96. The van der Waals surface area contributed by atoms with Crippen LogP contribution in [0.1, 0.15) is 12.8 Å². The van der Waals surface area contributed by atoms with Gasteiger partial charge in [0.25, 0.3) is 0 Å². The van der Waals surface area contributed by atoms with Crippen LogP contribution in [0, 0.1) is 0 Å². The number of likely N-dealkylation sites (tertiary alicyclic amines) is 1. The minimum absolute atomic E-state index is 0.000765. The maximum atomic E-state index is 12.2. The lowest BCUT2D eigenvalue weighted by Crippen LogP contribution is -2.47. The van der Waals surface area contributed by atoms with E-state index in [2.05, 4.69) is 0 Å². The molecule has 0 radical (unpaired) electrons. The molecule has 1 aliphatic rings. The Hall–Kier alpha value is -1.05. The molecule has 1 aromatic rings. The largest absolute Gasteiger partial charge is 0.342 e. The number of benzene rings is 1. The highest BCUT2D eigenvalue weighted by molar-refractivity contribution is 8.00. The number of hydrogen-bond acceptors (Lipinski definition) is 4. The first-order valence-corrected chi connectivity index (χ1v) is 10.1. The highest BCUT2D eigenvalue weighted by Crippen LogP contribution is 2.21. The molecule has 0 bridgehead atoms. The van der Waals surface area contributed by atoms with Crippen molar-refractivity contribution in [2.75, 3.05) is 32.1 Å². The topological polar surface area (TPSA) is 57.7 Å². The lowest BCUT2D eigenvalue weighted by molar-refractivity contribution is -0.129. The molecule has 0 N–H and O–H groups in total. The van der Waals surface area contributed by atoms with Crippen LogP contribution in [0.5, 0.6) is 0 Å². The van der Waals surface area contributed by atoms with Gasteiger partial charge in [-0.25, -0.2) is 12.7 Å². The molecule has 0 atom stereocenters. The van der Waals surface area contributed by atoms with Gasteiger partial charge in [0.1, 0.15) is 0 Å². The molecule has 2 rings (SSSR count). The summed E-state index contributed by atoms with van der Waals surface area (Å²) >= 11 is 1.54. The Bertz CT molecular complexity index is 596. The number of nitrogens with zero attached hydrogens (tertiary/aromatic N) is 2. The van der Waals surface area contributed by atoms with Crippen molar-refractivity contribution in [3.8, 4) is 0 Å². The predicted octanol–water partition coefficient (Wildman–Crippen LogP) is 1.66. The van der Waals surface area contributed by atoms with E-state index in [0.29, 0.717) is 31.7 Å². The van der Waals surface area contributed by atoms with Crippen molar-refractivity contribution in [1.82, 2.24) is 9.21 Å². The number of carbonyl (C=O) groups is 1. The number of amides is 1. The van der Waals surface area contributed by atoms with Gasteiger partial charge in [0.15, 0.2) is 0 Å². The average Bonchev–Trinajstić information content (AvgIpc) is 2.52. The minimum atomic E-state index is -3.16.